The van der Waals surface area contributed by atoms with Gasteiger partial charge in [-0.25, -0.2) is 0 Å². The van der Waals surface area contributed by atoms with Crippen molar-refractivity contribution >= 4 is 19.6 Å². The molecule has 1 saturated carbocycles. The molecule has 1 rings (SSSR count). The summed E-state index contributed by atoms with van der Waals surface area (Å²) in [4.78, 5) is 0. The maximum absolute atomic E-state index is 2.35. The van der Waals surface area contributed by atoms with Crippen molar-refractivity contribution in [3.63, 3.8) is 0 Å². The molecular formula is C10H21BS. The Balaban J connectivity index is 2.24. The van der Waals surface area contributed by atoms with Gasteiger partial charge in [-0.2, -0.15) is 11.8 Å². The highest BCUT2D eigenvalue weighted by Crippen LogP contribution is 2.30. The summed E-state index contributed by atoms with van der Waals surface area (Å²) in [7, 11) is 2.35. The van der Waals surface area contributed by atoms with E-state index in [2.05, 4.69) is 14.1 Å². The quantitative estimate of drug-likeness (QED) is 0.480. The Kier molecular flexibility index (Phi) is 5.21. The maximum Gasteiger partial charge on any atom is 0.101 e. The minimum absolute atomic E-state index is 1.04. The van der Waals surface area contributed by atoms with E-state index < -0.39 is 0 Å². The summed E-state index contributed by atoms with van der Waals surface area (Å²) < 4.78 is 0. The monoisotopic (exact) mass is 184 g/mol. The number of hydrogen-bond donors (Lipinski definition) is 0. The van der Waals surface area contributed by atoms with Gasteiger partial charge in [-0.15, -0.1) is 0 Å². The molecule has 0 bridgehead atoms. The largest absolute Gasteiger partial charge is 0.165 e. The highest BCUT2D eigenvalue weighted by Gasteiger charge is 2.16. The van der Waals surface area contributed by atoms with E-state index in [9.17, 15) is 0 Å². The zero-order valence-corrected chi connectivity index (χ0v) is 9.33. The molecule has 0 aliphatic heterocycles. The van der Waals surface area contributed by atoms with Crippen molar-refractivity contribution in [2.45, 2.75) is 38.4 Å². The van der Waals surface area contributed by atoms with Gasteiger partial charge in [0.1, 0.15) is 7.85 Å². The van der Waals surface area contributed by atoms with Crippen LogP contribution in [-0.2, 0) is 0 Å². The molecule has 0 saturated heterocycles. The van der Waals surface area contributed by atoms with E-state index in [-0.39, 0.29) is 0 Å². The summed E-state index contributed by atoms with van der Waals surface area (Å²) in [6.45, 7) is 0. The molecule has 0 aromatic carbocycles. The van der Waals surface area contributed by atoms with Crippen LogP contribution in [0.25, 0.3) is 0 Å². The van der Waals surface area contributed by atoms with Gasteiger partial charge in [0.15, 0.2) is 0 Å². The molecule has 12 heavy (non-hydrogen) atoms. The van der Waals surface area contributed by atoms with Gasteiger partial charge in [-0.3, -0.25) is 0 Å². The molecule has 1 aliphatic rings. The summed E-state index contributed by atoms with van der Waals surface area (Å²) in [6.07, 6.45) is 11.1. The van der Waals surface area contributed by atoms with E-state index in [1.165, 1.54) is 44.2 Å². The molecule has 0 aromatic rings. The molecule has 0 amide bonds. The van der Waals surface area contributed by atoms with Crippen LogP contribution in [0.1, 0.15) is 32.1 Å². The van der Waals surface area contributed by atoms with Gasteiger partial charge in [-0.1, -0.05) is 25.6 Å². The number of thioether (sulfide) groups is 1. The second kappa shape index (κ2) is 5.96. The van der Waals surface area contributed by atoms with Crippen LogP contribution in [0.4, 0.5) is 0 Å². The molecule has 0 N–H and O–H groups in total. The standard InChI is InChI=1S/C10H21BS/c1-12-8-10-4-2-3-9(7-11)5-6-10/h9-10H,2-8,11H2,1H3. The van der Waals surface area contributed by atoms with Crippen LogP contribution in [-0.4, -0.2) is 19.9 Å². The average Bonchev–Trinajstić information content (AvgIpc) is 2.31. The van der Waals surface area contributed by atoms with Gasteiger partial charge < -0.3 is 0 Å². The SMILES string of the molecule is BCC1CCCC(CSC)CC1. The smallest absolute Gasteiger partial charge is 0.101 e. The topological polar surface area (TPSA) is 0 Å². The molecule has 0 nitrogen and oxygen atoms in total. The average molecular weight is 184 g/mol. The van der Waals surface area contributed by atoms with E-state index >= 15 is 0 Å². The number of rotatable bonds is 3. The lowest BCUT2D eigenvalue weighted by Gasteiger charge is -2.12. The van der Waals surface area contributed by atoms with Gasteiger partial charge in [0.25, 0.3) is 0 Å². The summed E-state index contributed by atoms with van der Waals surface area (Å²) in [6, 6.07) is 0. The third-order valence-corrected chi connectivity index (χ3v) is 3.99. The van der Waals surface area contributed by atoms with E-state index in [0.717, 1.165) is 11.8 Å². The first-order chi connectivity index (χ1) is 5.86. The Hall–Kier alpha value is 0.415. The first kappa shape index (κ1) is 10.5. The molecule has 2 unspecified atom stereocenters. The van der Waals surface area contributed by atoms with Crippen molar-refractivity contribution in [3.8, 4) is 0 Å². The second-order valence-electron chi connectivity index (χ2n) is 4.10. The van der Waals surface area contributed by atoms with Crippen LogP contribution < -0.4 is 0 Å². The molecule has 0 heterocycles. The van der Waals surface area contributed by atoms with Crippen LogP contribution >= 0.6 is 11.8 Å². The zero-order chi connectivity index (χ0) is 8.81. The fourth-order valence-electron chi connectivity index (χ4n) is 2.27. The highest BCUT2D eigenvalue weighted by molar-refractivity contribution is 7.98. The fraction of sp³-hybridized carbons (Fsp3) is 1.00. The minimum Gasteiger partial charge on any atom is -0.165 e. The Morgan fingerprint density at radius 1 is 1.17 bits per heavy atom. The first-order valence-electron chi connectivity index (χ1n) is 5.35. The second-order valence-corrected chi connectivity index (χ2v) is 5.01. The molecule has 1 aliphatic carbocycles. The van der Waals surface area contributed by atoms with Crippen molar-refractivity contribution in [3.05, 3.63) is 0 Å². The molecule has 1 fully saturated rings. The van der Waals surface area contributed by atoms with Crippen LogP contribution in [0.15, 0.2) is 0 Å². The molecule has 0 radical (unpaired) electrons. The van der Waals surface area contributed by atoms with E-state index in [0.29, 0.717) is 0 Å². The van der Waals surface area contributed by atoms with Gasteiger partial charge in [-0.05, 0) is 36.7 Å². The summed E-state index contributed by atoms with van der Waals surface area (Å²) in [5.41, 5.74) is 0. The summed E-state index contributed by atoms with van der Waals surface area (Å²) in [5.74, 6) is 3.49. The normalized spacial score (nSPS) is 31.4. The maximum atomic E-state index is 2.35. The molecule has 0 aromatic heterocycles. The molecular weight excluding hydrogens is 163 g/mol. The fourth-order valence-corrected chi connectivity index (χ4v) is 3.07. The highest BCUT2D eigenvalue weighted by atomic mass is 32.2. The Bertz CT molecular complexity index is 116. The van der Waals surface area contributed by atoms with Gasteiger partial charge in [0.2, 0.25) is 0 Å². The predicted octanol–water partition coefficient (Wildman–Crippen LogP) is 2.60. The lowest BCUT2D eigenvalue weighted by Crippen LogP contribution is -2.02. The van der Waals surface area contributed by atoms with E-state index in [1.54, 1.807) is 0 Å². The van der Waals surface area contributed by atoms with Crippen LogP contribution in [0, 0.1) is 11.8 Å². The lowest BCUT2D eigenvalue weighted by atomic mass is 9.86. The Morgan fingerprint density at radius 2 is 1.83 bits per heavy atom. The molecule has 70 valence electrons. The van der Waals surface area contributed by atoms with Crippen molar-refractivity contribution < 1.29 is 0 Å². The summed E-state index contributed by atoms with van der Waals surface area (Å²) in [5, 5.41) is 0. The van der Waals surface area contributed by atoms with Gasteiger partial charge in [0, 0.05) is 0 Å². The van der Waals surface area contributed by atoms with Crippen LogP contribution in [0.5, 0.6) is 0 Å². The summed E-state index contributed by atoms with van der Waals surface area (Å²) >= 11 is 2.03. The van der Waals surface area contributed by atoms with Gasteiger partial charge >= 0.3 is 0 Å². The third kappa shape index (κ3) is 3.43. The van der Waals surface area contributed by atoms with Crippen molar-refractivity contribution in [1.29, 1.82) is 0 Å². The number of hydrogen-bond acceptors (Lipinski definition) is 1. The van der Waals surface area contributed by atoms with Crippen LogP contribution in [0.2, 0.25) is 6.32 Å². The Labute approximate surface area is 82.3 Å². The van der Waals surface area contributed by atoms with Crippen molar-refractivity contribution in [2.75, 3.05) is 12.0 Å². The molecule has 2 heteroatoms. The zero-order valence-electron chi connectivity index (χ0n) is 8.51. The predicted molar refractivity (Wildman–Crippen MR) is 61.8 cm³/mol. The Morgan fingerprint density at radius 3 is 2.50 bits per heavy atom. The molecule has 2 atom stereocenters. The third-order valence-electron chi connectivity index (χ3n) is 3.19. The van der Waals surface area contributed by atoms with Crippen molar-refractivity contribution in [2.24, 2.45) is 11.8 Å². The van der Waals surface area contributed by atoms with E-state index in [4.69, 9.17) is 0 Å². The van der Waals surface area contributed by atoms with Crippen molar-refractivity contribution in [1.82, 2.24) is 0 Å². The minimum atomic E-state index is 1.04. The lowest BCUT2D eigenvalue weighted by molar-refractivity contribution is 0.480. The van der Waals surface area contributed by atoms with Gasteiger partial charge in [0.05, 0.1) is 0 Å². The molecule has 0 spiro atoms. The van der Waals surface area contributed by atoms with Crippen LogP contribution in [0.3, 0.4) is 0 Å². The van der Waals surface area contributed by atoms with E-state index in [1.807, 2.05) is 11.8 Å². The first-order valence-corrected chi connectivity index (χ1v) is 6.75.